The molecule has 4 nitrogen and oxygen atoms in total. The van der Waals surface area contributed by atoms with E-state index in [4.69, 9.17) is 14.2 Å². The van der Waals surface area contributed by atoms with Crippen LogP contribution in [0.25, 0.3) is 0 Å². The van der Waals surface area contributed by atoms with Gasteiger partial charge in [0.1, 0.15) is 0 Å². The van der Waals surface area contributed by atoms with E-state index in [-0.39, 0.29) is 6.04 Å². The zero-order chi connectivity index (χ0) is 15.5. The van der Waals surface area contributed by atoms with Crippen molar-refractivity contribution >= 4 is 0 Å². The maximum absolute atomic E-state index is 5.78. The molecule has 0 spiro atoms. The number of unbranched alkanes of at least 4 members (excludes halogenated alkanes) is 3. The summed E-state index contributed by atoms with van der Waals surface area (Å²) < 4.78 is 16.4. The van der Waals surface area contributed by atoms with Gasteiger partial charge in [-0.2, -0.15) is 0 Å². The number of nitrogens with one attached hydrogen (secondary N) is 1. The van der Waals surface area contributed by atoms with Crippen molar-refractivity contribution in [2.75, 3.05) is 34.5 Å². The molecule has 0 fully saturated rings. The van der Waals surface area contributed by atoms with E-state index in [0.717, 1.165) is 30.1 Å². The van der Waals surface area contributed by atoms with Gasteiger partial charge in [-0.25, -0.2) is 0 Å². The Labute approximate surface area is 128 Å². The maximum atomic E-state index is 5.78. The van der Waals surface area contributed by atoms with Crippen LogP contribution in [0.5, 0.6) is 11.5 Å². The summed E-state index contributed by atoms with van der Waals surface area (Å²) >= 11 is 0. The second kappa shape index (κ2) is 10.5. The minimum Gasteiger partial charge on any atom is -0.493 e. The van der Waals surface area contributed by atoms with Crippen LogP contribution >= 0.6 is 0 Å². The van der Waals surface area contributed by atoms with Gasteiger partial charge >= 0.3 is 0 Å². The molecule has 1 unspecified atom stereocenters. The zero-order valence-electron chi connectivity index (χ0n) is 13.8. The molecular weight excluding hydrogens is 266 g/mol. The maximum Gasteiger partial charge on any atom is 0.161 e. The lowest BCUT2D eigenvalue weighted by Gasteiger charge is -2.18. The van der Waals surface area contributed by atoms with Crippen LogP contribution in [0.1, 0.15) is 44.2 Å². The third-order valence-corrected chi connectivity index (χ3v) is 3.59. The van der Waals surface area contributed by atoms with E-state index in [1.54, 1.807) is 14.2 Å². The molecule has 0 aliphatic carbocycles. The summed E-state index contributed by atoms with van der Waals surface area (Å²) in [7, 11) is 5.24. The number of benzene rings is 1. The van der Waals surface area contributed by atoms with E-state index < -0.39 is 0 Å². The van der Waals surface area contributed by atoms with E-state index in [1.807, 2.05) is 25.2 Å². The summed E-state index contributed by atoms with van der Waals surface area (Å²) in [5.41, 5.74) is 1.14. The number of hydrogen-bond acceptors (Lipinski definition) is 4. The molecule has 1 aromatic rings. The molecule has 0 saturated carbocycles. The van der Waals surface area contributed by atoms with Crippen molar-refractivity contribution < 1.29 is 14.2 Å². The van der Waals surface area contributed by atoms with Crippen molar-refractivity contribution in [2.45, 2.75) is 38.6 Å². The van der Waals surface area contributed by atoms with Crippen LogP contribution in [0.15, 0.2) is 18.2 Å². The van der Waals surface area contributed by atoms with E-state index in [0.29, 0.717) is 6.61 Å². The van der Waals surface area contributed by atoms with Crippen molar-refractivity contribution in [3.8, 4) is 11.5 Å². The van der Waals surface area contributed by atoms with Gasteiger partial charge in [0.05, 0.1) is 26.9 Å². The number of hydrogen-bond donors (Lipinski definition) is 1. The highest BCUT2D eigenvalue weighted by Gasteiger charge is 2.12. The highest BCUT2D eigenvalue weighted by atomic mass is 16.5. The second-order valence-corrected chi connectivity index (χ2v) is 5.09. The fraction of sp³-hybridized carbons (Fsp3) is 0.647. The summed E-state index contributed by atoms with van der Waals surface area (Å²) in [6, 6.07) is 6.14. The Morgan fingerprint density at radius 1 is 1.05 bits per heavy atom. The molecule has 0 radical (unpaired) electrons. The van der Waals surface area contributed by atoms with Gasteiger partial charge in [0.25, 0.3) is 0 Å². The first kappa shape index (κ1) is 17.8. The standard InChI is InChI=1S/C17H29NO3/c1-5-6-7-8-11-21-13-15(18-2)14-9-10-16(19-3)17(12-14)20-4/h9-10,12,15,18H,5-8,11,13H2,1-4H3. The van der Waals surface area contributed by atoms with Crippen molar-refractivity contribution in [1.82, 2.24) is 5.32 Å². The highest BCUT2D eigenvalue weighted by Crippen LogP contribution is 2.30. The van der Waals surface area contributed by atoms with Crippen molar-refractivity contribution in [3.05, 3.63) is 23.8 Å². The normalized spacial score (nSPS) is 12.2. The SMILES string of the molecule is CCCCCCOCC(NC)c1ccc(OC)c(OC)c1. The molecule has 21 heavy (non-hydrogen) atoms. The van der Waals surface area contributed by atoms with E-state index in [1.165, 1.54) is 19.3 Å². The van der Waals surface area contributed by atoms with Crippen molar-refractivity contribution in [3.63, 3.8) is 0 Å². The van der Waals surface area contributed by atoms with Crippen LogP contribution < -0.4 is 14.8 Å². The summed E-state index contributed by atoms with van der Waals surface area (Å²) in [5.74, 6) is 1.50. The molecular formula is C17H29NO3. The van der Waals surface area contributed by atoms with Crippen molar-refractivity contribution in [1.29, 1.82) is 0 Å². The van der Waals surface area contributed by atoms with Crippen molar-refractivity contribution in [2.24, 2.45) is 0 Å². The summed E-state index contributed by atoms with van der Waals surface area (Å²) in [4.78, 5) is 0. The van der Waals surface area contributed by atoms with Crippen LogP contribution in [0, 0.1) is 0 Å². The molecule has 0 aliphatic rings. The Hall–Kier alpha value is -1.26. The van der Waals surface area contributed by atoms with Crippen LogP contribution in [-0.2, 0) is 4.74 Å². The summed E-state index contributed by atoms with van der Waals surface area (Å²) in [6.07, 6.45) is 4.92. The van der Waals surface area contributed by atoms with Gasteiger partial charge in [0, 0.05) is 6.61 Å². The Kier molecular flexibility index (Phi) is 8.87. The van der Waals surface area contributed by atoms with Crippen LogP contribution in [0.2, 0.25) is 0 Å². The summed E-state index contributed by atoms with van der Waals surface area (Å²) in [5, 5.41) is 3.29. The molecule has 1 N–H and O–H groups in total. The zero-order valence-corrected chi connectivity index (χ0v) is 13.8. The van der Waals surface area contributed by atoms with E-state index in [9.17, 15) is 0 Å². The monoisotopic (exact) mass is 295 g/mol. The molecule has 1 aromatic carbocycles. The Bertz CT molecular complexity index is 396. The molecule has 0 amide bonds. The first-order valence-electron chi connectivity index (χ1n) is 7.73. The average Bonchev–Trinajstić information content (AvgIpc) is 2.53. The van der Waals surface area contributed by atoms with Gasteiger partial charge in [-0.3, -0.25) is 0 Å². The molecule has 1 rings (SSSR count). The lowest BCUT2D eigenvalue weighted by Crippen LogP contribution is -2.22. The number of rotatable bonds is 11. The molecule has 120 valence electrons. The topological polar surface area (TPSA) is 39.7 Å². The predicted octanol–water partition coefficient (Wildman–Crippen LogP) is 3.56. The number of ether oxygens (including phenoxy) is 3. The molecule has 0 heterocycles. The van der Waals surface area contributed by atoms with Gasteiger partial charge < -0.3 is 19.5 Å². The smallest absolute Gasteiger partial charge is 0.161 e. The third kappa shape index (κ3) is 5.94. The lowest BCUT2D eigenvalue weighted by atomic mass is 10.1. The number of likely N-dealkylation sites (N-methyl/N-ethyl adjacent to an activating group) is 1. The van der Waals surface area contributed by atoms with Crippen LogP contribution in [0.4, 0.5) is 0 Å². The van der Waals surface area contributed by atoms with Gasteiger partial charge in [-0.15, -0.1) is 0 Å². The predicted molar refractivity (Wildman–Crippen MR) is 86.3 cm³/mol. The fourth-order valence-electron chi connectivity index (χ4n) is 2.25. The molecule has 0 bridgehead atoms. The van der Waals surface area contributed by atoms with Crippen LogP contribution in [0.3, 0.4) is 0 Å². The largest absolute Gasteiger partial charge is 0.493 e. The molecule has 0 saturated heterocycles. The molecule has 0 aliphatic heterocycles. The molecule has 1 atom stereocenters. The number of methoxy groups -OCH3 is 2. The summed E-state index contributed by atoms with van der Waals surface area (Å²) in [6.45, 7) is 3.71. The lowest BCUT2D eigenvalue weighted by molar-refractivity contribution is 0.110. The van der Waals surface area contributed by atoms with Gasteiger partial charge in [-0.05, 0) is 31.2 Å². The Balaban J connectivity index is 2.51. The minimum absolute atomic E-state index is 0.163. The molecule has 0 aromatic heterocycles. The Morgan fingerprint density at radius 3 is 2.43 bits per heavy atom. The van der Waals surface area contributed by atoms with Gasteiger partial charge in [0.2, 0.25) is 0 Å². The minimum atomic E-state index is 0.163. The second-order valence-electron chi connectivity index (χ2n) is 5.09. The van der Waals surface area contributed by atoms with Crippen LogP contribution in [-0.4, -0.2) is 34.5 Å². The van der Waals surface area contributed by atoms with Gasteiger partial charge in [-0.1, -0.05) is 32.3 Å². The quantitative estimate of drug-likeness (QED) is 0.634. The Morgan fingerprint density at radius 2 is 1.81 bits per heavy atom. The van der Waals surface area contributed by atoms with E-state index in [2.05, 4.69) is 12.2 Å². The van der Waals surface area contributed by atoms with E-state index >= 15 is 0 Å². The fourth-order valence-corrected chi connectivity index (χ4v) is 2.25. The highest BCUT2D eigenvalue weighted by molar-refractivity contribution is 5.43. The van der Waals surface area contributed by atoms with Gasteiger partial charge in [0.15, 0.2) is 11.5 Å². The first-order chi connectivity index (χ1) is 10.3. The average molecular weight is 295 g/mol. The first-order valence-corrected chi connectivity index (χ1v) is 7.73. The third-order valence-electron chi connectivity index (χ3n) is 3.59. The molecule has 4 heteroatoms.